The van der Waals surface area contributed by atoms with Gasteiger partial charge in [-0.15, -0.1) is 0 Å². The van der Waals surface area contributed by atoms with Gasteiger partial charge in [-0.2, -0.15) is 0 Å². The molecule has 2 aliphatic carbocycles. The standard InChI is InChI=1S/C11H18N2O2/c1-7(13-11(15)9-4-5-9)6-12-10(14)8-2-3-8/h7-9H,2-6H2,1H3,(H,12,14)(H,13,15). The van der Waals surface area contributed by atoms with Crippen molar-refractivity contribution >= 4 is 11.8 Å². The zero-order valence-corrected chi connectivity index (χ0v) is 9.08. The summed E-state index contributed by atoms with van der Waals surface area (Å²) in [6, 6.07) is 0.0424. The Morgan fingerprint density at radius 3 is 2.20 bits per heavy atom. The van der Waals surface area contributed by atoms with E-state index >= 15 is 0 Å². The van der Waals surface area contributed by atoms with Crippen molar-refractivity contribution in [2.75, 3.05) is 6.54 Å². The van der Waals surface area contributed by atoms with Crippen LogP contribution in [0.5, 0.6) is 0 Å². The van der Waals surface area contributed by atoms with Crippen LogP contribution in [-0.4, -0.2) is 24.4 Å². The molecule has 0 aromatic carbocycles. The third kappa shape index (κ3) is 3.22. The SMILES string of the molecule is CC(CNC(=O)C1CC1)NC(=O)C1CC1. The van der Waals surface area contributed by atoms with Gasteiger partial charge < -0.3 is 10.6 Å². The van der Waals surface area contributed by atoms with Crippen LogP contribution >= 0.6 is 0 Å². The summed E-state index contributed by atoms with van der Waals surface area (Å²) >= 11 is 0. The van der Waals surface area contributed by atoms with Gasteiger partial charge in [0.25, 0.3) is 0 Å². The number of hydrogen-bond donors (Lipinski definition) is 2. The van der Waals surface area contributed by atoms with Gasteiger partial charge in [-0.1, -0.05) is 0 Å². The molecular formula is C11H18N2O2. The van der Waals surface area contributed by atoms with E-state index in [4.69, 9.17) is 0 Å². The van der Waals surface area contributed by atoms with Crippen molar-refractivity contribution in [3.05, 3.63) is 0 Å². The molecule has 84 valence electrons. The Balaban J connectivity index is 1.60. The highest BCUT2D eigenvalue weighted by Crippen LogP contribution is 2.29. The fourth-order valence-electron chi connectivity index (χ4n) is 1.50. The normalized spacial score (nSPS) is 21.9. The maximum Gasteiger partial charge on any atom is 0.223 e. The van der Waals surface area contributed by atoms with Crippen molar-refractivity contribution in [2.24, 2.45) is 11.8 Å². The summed E-state index contributed by atoms with van der Waals surface area (Å²) in [7, 11) is 0. The first-order valence-corrected chi connectivity index (χ1v) is 5.75. The zero-order chi connectivity index (χ0) is 10.8. The summed E-state index contributed by atoms with van der Waals surface area (Å²) in [4.78, 5) is 22.7. The summed E-state index contributed by atoms with van der Waals surface area (Å²) in [5.74, 6) is 0.772. The molecule has 2 amide bonds. The van der Waals surface area contributed by atoms with Crippen molar-refractivity contribution < 1.29 is 9.59 Å². The summed E-state index contributed by atoms with van der Waals surface area (Å²) in [5, 5.41) is 5.76. The monoisotopic (exact) mass is 210 g/mol. The van der Waals surface area contributed by atoms with Crippen LogP contribution in [0.3, 0.4) is 0 Å². The molecule has 4 nitrogen and oxygen atoms in total. The highest BCUT2D eigenvalue weighted by molar-refractivity contribution is 5.82. The summed E-state index contributed by atoms with van der Waals surface area (Å²) in [5.41, 5.74) is 0. The van der Waals surface area contributed by atoms with E-state index in [1.807, 2.05) is 6.92 Å². The highest BCUT2D eigenvalue weighted by Gasteiger charge is 2.31. The molecule has 0 heterocycles. The molecule has 2 rings (SSSR count). The van der Waals surface area contributed by atoms with Crippen LogP contribution < -0.4 is 10.6 Å². The molecule has 0 spiro atoms. The number of nitrogens with one attached hydrogen (secondary N) is 2. The summed E-state index contributed by atoms with van der Waals surface area (Å²) in [6.07, 6.45) is 4.09. The molecule has 0 aromatic rings. The van der Waals surface area contributed by atoms with Crippen molar-refractivity contribution in [1.29, 1.82) is 0 Å². The van der Waals surface area contributed by atoms with Gasteiger partial charge >= 0.3 is 0 Å². The summed E-state index contributed by atoms with van der Waals surface area (Å²) in [6.45, 7) is 2.47. The van der Waals surface area contributed by atoms with E-state index < -0.39 is 0 Å². The molecule has 0 saturated heterocycles. The average molecular weight is 210 g/mol. The second kappa shape index (κ2) is 4.21. The molecule has 15 heavy (non-hydrogen) atoms. The van der Waals surface area contributed by atoms with E-state index in [9.17, 15) is 9.59 Å². The molecule has 2 N–H and O–H groups in total. The maximum atomic E-state index is 11.4. The van der Waals surface area contributed by atoms with E-state index in [1.165, 1.54) is 0 Å². The third-order valence-corrected chi connectivity index (χ3v) is 2.87. The maximum absolute atomic E-state index is 11.4. The molecule has 2 fully saturated rings. The molecule has 0 bridgehead atoms. The number of carbonyl (C=O) groups is 2. The van der Waals surface area contributed by atoms with Crippen LogP contribution in [0.2, 0.25) is 0 Å². The Morgan fingerprint density at radius 1 is 1.13 bits per heavy atom. The second-order valence-corrected chi connectivity index (χ2v) is 4.70. The topological polar surface area (TPSA) is 58.2 Å². The number of carbonyl (C=O) groups excluding carboxylic acids is 2. The first-order valence-electron chi connectivity index (χ1n) is 5.75. The molecule has 0 aliphatic heterocycles. The Kier molecular flexibility index (Phi) is 2.93. The van der Waals surface area contributed by atoms with Crippen LogP contribution in [0, 0.1) is 11.8 Å². The van der Waals surface area contributed by atoms with Crippen LogP contribution in [0.15, 0.2) is 0 Å². The van der Waals surface area contributed by atoms with Crippen LogP contribution in [0.4, 0.5) is 0 Å². The molecule has 2 saturated carbocycles. The minimum atomic E-state index is 0.0424. The largest absolute Gasteiger partial charge is 0.354 e. The van der Waals surface area contributed by atoms with Crippen molar-refractivity contribution in [3.63, 3.8) is 0 Å². The first-order chi connectivity index (χ1) is 7.16. The lowest BCUT2D eigenvalue weighted by atomic mass is 10.3. The molecule has 0 radical (unpaired) electrons. The molecule has 4 heteroatoms. The number of amides is 2. The molecule has 1 unspecified atom stereocenters. The van der Waals surface area contributed by atoms with E-state index in [0.29, 0.717) is 6.54 Å². The second-order valence-electron chi connectivity index (χ2n) is 4.70. The van der Waals surface area contributed by atoms with Gasteiger partial charge in [-0.05, 0) is 32.6 Å². The van der Waals surface area contributed by atoms with Crippen molar-refractivity contribution in [1.82, 2.24) is 10.6 Å². The Hall–Kier alpha value is -1.06. The zero-order valence-electron chi connectivity index (χ0n) is 9.08. The van der Waals surface area contributed by atoms with Crippen molar-refractivity contribution in [2.45, 2.75) is 38.6 Å². The van der Waals surface area contributed by atoms with E-state index in [0.717, 1.165) is 25.7 Å². The minimum Gasteiger partial charge on any atom is -0.354 e. The molecular weight excluding hydrogens is 192 g/mol. The molecule has 2 aliphatic rings. The minimum absolute atomic E-state index is 0.0424. The Bertz CT molecular complexity index is 270. The van der Waals surface area contributed by atoms with Gasteiger partial charge in [0.2, 0.25) is 11.8 Å². The molecule has 1 atom stereocenters. The van der Waals surface area contributed by atoms with E-state index in [2.05, 4.69) is 10.6 Å². The van der Waals surface area contributed by atoms with E-state index in [1.54, 1.807) is 0 Å². The van der Waals surface area contributed by atoms with Crippen LogP contribution in [0.1, 0.15) is 32.6 Å². The molecule has 0 aromatic heterocycles. The van der Waals surface area contributed by atoms with E-state index in [-0.39, 0.29) is 29.7 Å². The van der Waals surface area contributed by atoms with Crippen LogP contribution in [-0.2, 0) is 9.59 Å². The van der Waals surface area contributed by atoms with Gasteiger partial charge in [-0.3, -0.25) is 9.59 Å². The van der Waals surface area contributed by atoms with Gasteiger partial charge in [-0.25, -0.2) is 0 Å². The predicted molar refractivity (Wildman–Crippen MR) is 56.1 cm³/mol. The Labute approximate surface area is 89.8 Å². The average Bonchev–Trinajstić information content (AvgIpc) is 3.06. The van der Waals surface area contributed by atoms with Crippen LogP contribution in [0.25, 0.3) is 0 Å². The lowest BCUT2D eigenvalue weighted by molar-refractivity contribution is -0.124. The number of hydrogen-bond acceptors (Lipinski definition) is 2. The summed E-state index contributed by atoms with van der Waals surface area (Å²) < 4.78 is 0. The third-order valence-electron chi connectivity index (χ3n) is 2.87. The van der Waals surface area contributed by atoms with Crippen molar-refractivity contribution in [3.8, 4) is 0 Å². The van der Waals surface area contributed by atoms with Gasteiger partial charge in [0.1, 0.15) is 0 Å². The predicted octanol–water partition coefficient (Wildman–Crippen LogP) is 0.427. The smallest absolute Gasteiger partial charge is 0.223 e. The lowest BCUT2D eigenvalue weighted by Gasteiger charge is -2.14. The highest BCUT2D eigenvalue weighted by atomic mass is 16.2. The van der Waals surface area contributed by atoms with Gasteiger partial charge in [0.05, 0.1) is 0 Å². The van der Waals surface area contributed by atoms with Gasteiger partial charge in [0, 0.05) is 24.4 Å². The quantitative estimate of drug-likeness (QED) is 0.691. The first kappa shape index (κ1) is 10.5. The lowest BCUT2D eigenvalue weighted by Crippen LogP contribution is -2.42. The fourth-order valence-corrected chi connectivity index (χ4v) is 1.50. The van der Waals surface area contributed by atoms with Gasteiger partial charge in [0.15, 0.2) is 0 Å². The number of rotatable bonds is 5. The fraction of sp³-hybridized carbons (Fsp3) is 0.818. The Morgan fingerprint density at radius 2 is 1.67 bits per heavy atom.